The number of nitrogens with one attached hydrogen (secondary N) is 2. The van der Waals surface area contributed by atoms with Crippen LogP contribution in [0.25, 0.3) is 0 Å². The Morgan fingerprint density at radius 3 is 2.28 bits per heavy atom. The summed E-state index contributed by atoms with van der Waals surface area (Å²) in [5.41, 5.74) is 1.64. The Morgan fingerprint density at radius 2 is 1.68 bits per heavy atom. The molecule has 0 saturated carbocycles. The Labute approximate surface area is 149 Å². The molecule has 0 heterocycles. The van der Waals surface area contributed by atoms with Crippen LogP contribution in [0.1, 0.15) is 24.1 Å². The third-order valence-corrected chi connectivity index (χ3v) is 5.11. The van der Waals surface area contributed by atoms with Gasteiger partial charge in [-0.2, -0.15) is 0 Å². The van der Waals surface area contributed by atoms with Crippen LogP contribution < -0.4 is 10.6 Å². The Balaban J connectivity index is 2.41. The largest absolute Gasteiger partial charge is 0.345 e. The highest BCUT2D eigenvalue weighted by Crippen LogP contribution is 2.24. The quantitative estimate of drug-likeness (QED) is 0.793. The Hall–Kier alpha value is -2.18. The molecule has 2 atom stereocenters. The van der Waals surface area contributed by atoms with Crippen LogP contribution in [0, 0.1) is 5.92 Å². The summed E-state index contributed by atoms with van der Waals surface area (Å²) in [6.07, 6.45) is 1.18. The normalized spacial score (nSPS) is 13.9. The van der Waals surface area contributed by atoms with Gasteiger partial charge in [0.15, 0.2) is 9.84 Å². The third-order valence-electron chi connectivity index (χ3n) is 4.00. The molecule has 0 bridgehead atoms. The molecule has 0 aliphatic carbocycles. The summed E-state index contributed by atoms with van der Waals surface area (Å²) in [6.45, 7) is 2.41. The van der Waals surface area contributed by atoms with Crippen LogP contribution in [0.4, 0.5) is 0 Å². The molecule has 6 heteroatoms. The molecule has 0 saturated heterocycles. The molecule has 2 unspecified atom stereocenters. The molecule has 2 aromatic carbocycles. The molecule has 2 rings (SSSR count). The molecular formula is C19H24N2O3S. The second-order valence-corrected chi connectivity index (χ2v) is 8.17. The van der Waals surface area contributed by atoms with Gasteiger partial charge in [-0.1, -0.05) is 49.4 Å². The van der Waals surface area contributed by atoms with Gasteiger partial charge in [-0.15, -0.1) is 0 Å². The van der Waals surface area contributed by atoms with Gasteiger partial charge in [0, 0.05) is 18.7 Å². The first kappa shape index (κ1) is 19.1. The topological polar surface area (TPSA) is 75.3 Å². The van der Waals surface area contributed by atoms with Crippen molar-refractivity contribution in [2.45, 2.75) is 17.9 Å². The molecule has 0 spiro atoms. The van der Waals surface area contributed by atoms with Crippen molar-refractivity contribution in [3.63, 3.8) is 0 Å². The van der Waals surface area contributed by atoms with Crippen LogP contribution >= 0.6 is 0 Å². The molecular weight excluding hydrogens is 336 g/mol. The predicted octanol–water partition coefficient (Wildman–Crippen LogP) is 2.15. The minimum atomic E-state index is -3.32. The van der Waals surface area contributed by atoms with E-state index in [2.05, 4.69) is 10.6 Å². The van der Waals surface area contributed by atoms with Crippen LogP contribution in [-0.2, 0) is 14.6 Å². The first-order valence-electron chi connectivity index (χ1n) is 8.13. The summed E-state index contributed by atoms with van der Waals surface area (Å²) >= 11 is 0. The van der Waals surface area contributed by atoms with Crippen LogP contribution in [0.2, 0.25) is 0 Å². The van der Waals surface area contributed by atoms with Crippen molar-refractivity contribution in [2.24, 2.45) is 5.92 Å². The minimum Gasteiger partial charge on any atom is -0.345 e. The zero-order chi connectivity index (χ0) is 18.4. The first-order chi connectivity index (χ1) is 11.8. The molecule has 0 aromatic heterocycles. The summed E-state index contributed by atoms with van der Waals surface area (Å²) in [5.74, 6) is -0.290. The van der Waals surface area contributed by atoms with E-state index in [0.717, 1.165) is 11.1 Å². The van der Waals surface area contributed by atoms with Gasteiger partial charge in [0.25, 0.3) is 0 Å². The average molecular weight is 360 g/mol. The number of sulfone groups is 1. The molecule has 0 radical (unpaired) electrons. The maximum absolute atomic E-state index is 12.5. The van der Waals surface area contributed by atoms with Crippen LogP contribution in [-0.4, -0.2) is 34.2 Å². The molecule has 2 N–H and O–H groups in total. The second kappa shape index (κ2) is 8.27. The molecule has 0 aliphatic rings. The molecule has 25 heavy (non-hydrogen) atoms. The summed E-state index contributed by atoms with van der Waals surface area (Å²) in [5, 5.41) is 6.03. The van der Waals surface area contributed by atoms with Gasteiger partial charge in [-0.3, -0.25) is 4.79 Å². The molecule has 0 aliphatic heterocycles. The lowest BCUT2D eigenvalue weighted by atomic mass is 9.98. The predicted molar refractivity (Wildman–Crippen MR) is 99.1 cm³/mol. The Kier molecular flexibility index (Phi) is 6.33. The van der Waals surface area contributed by atoms with Crippen molar-refractivity contribution in [3.05, 3.63) is 65.7 Å². The maximum atomic E-state index is 12.5. The van der Waals surface area contributed by atoms with Gasteiger partial charge in [0.2, 0.25) is 5.91 Å². The van der Waals surface area contributed by atoms with Gasteiger partial charge in [-0.05, 0) is 30.3 Å². The lowest BCUT2D eigenvalue weighted by Gasteiger charge is -2.22. The molecule has 1 amide bonds. The van der Waals surface area contributed by atoms with Crippen molar-refractivity contribution in [1.82, 2.24) is 10.6 Å². The van der Waals surface area contributed by atoms with Crippen molar-refractivity contribution >= 4 is 15.7 Å². The van der Waals surface area contributed by atoms with Crippen LogP contribution in [0.3, 0.4) is 0 Å². The second-order valence-electron chi connectivity index (χ2n) is 6.16. The van der Waals surface area contributed by atoms with Crippen molar-refractivity contribution in [3.8, 4) is 0 Å². The van der Waals surface area contributed by atoms with E-state index in [9.17, 15) is 13.2 Å². The van der Waals surface area contributed by atoms with E-state index in [1.807, 2.05) is 43.3 Å². The monoisotopic (exact) mass is 360 g/mol. The van der Waals surface area contributed by atoms with E-state index in [1.54, 1.807) is 25.2 Å². The average Bonchev–Trinajstić information content (AvgIpc) is 2.59. The number of hydrogen-bond donors (Lipinski definition) is 2. The summed E-state index contributed by atoms with van der Waals surface area (Å²) in [4.78, 5) is 12.7. The summed E-state index contributed by atoms with van der Waals surface area (Å²) < 4.78 is 23.7. The number of rotatable bonds is 7. The van der Waals surface area contributed by atoms with Crippen LogP contribution in [0.5, 0.6) is 0 Å². The summed E-state index contributed by atoms with van der Waals surface area (Å²) in [7, 11) is -1.52. The fourth-order valence-corrected chi connectivity index (χ4v) is 3.29. The highest BCUT2D eigenvalue weighted by molar-refractivity contribution is 7.90. The van der Waals surface area contributed by atoms with Crippen molar-refractivity contribution < 1.29 is 13.2 Å². The van der Waals surface area contributed by atoms with Gasteiger partial charge in [0.1, 0.15) is 0 Å². The van der Waals surface area contributed by atoms with E-state index >= 15 is 0 Å². The first-order valence-corrected chi connectivity index (χ1v) is 10.0. The number of carbonyl (C=O) groups excluding carboxylic acids is 1. The van der Waals surface area contributed by atoms with Gasteiger partial charge in [-0.25, -0.2) is 8.42 Å². The zero-order valence-electron chi connectivity index (χ0n) is 14.7. The Morgan fingerprint density at radius 1 is 1.04 bits per heavy atom. The standard InChI is InChI=1S/C19H24N2O3S/c1-14(13-20-2)19(22)21-18(15-8-5-4-6-9-15)16-10-7-11-17(12-16)25(3,23)24/h4-12,14,18,20H,13H2,1-3H3,(H,21,22). The van der Waals surface area contributed by atoms with E-state index in [1.165, 1.54) is 6.26 Å². The van der Waals surface area contributed by atoms with E-state index in [4.69, 9.17) is 0 Å². The number of carbonyl (C=O) groups is 1. The van der Waals surface area contributed by atoms with Gasteiger partial charge < -0.3 is 10.6 Å². The highest BCUT2D eigenvalue weighted by atomic mass is 32.2. The minimum absolute atomic E-state index is 0.0899. The fraction of sp³-hybridized carbons (Fsp3) is 0.316. The SMILES string of the molecule is CNCC(C)C(=O)NC(c1ccccc1)c1cccc(S(C)(=O)=O)c1. The zero-order valence-corrected chi connectivity index (χ0v) is 15.5. The number of amides is 1. The molecule has 134 valence electrons. The lowest BCUT2D eigenvalue weighted by Crippen LogP contribution is -2.37. The smallest absolute Gasteiger partial charge is 0.224 e. The molecule has 2 aromatic rings. The number of hydrogen-bond acceptors (Lipinski definition) is 4. The molecule has 0 fully saturated rings. The lowest BCUT2D eigenvalue weighted by molar-refractivity contribution is -0.124. The van der Waals surface area contributed by atoms with E-state index < -0.39 is 15.9 Å². The fourth-order valence-electron chi connectivity index (χ4n) is 2.61. The maximum Gasteiger partial charge on any atom is 0.224 e. The van der Waals surface area contributed by atoms with Crippen molar-refractivity contribution in [2.75, 3.05) is 19.8 Å². The van der Waals surface area contributed by atoms with Gasteiger partial charge >= 0.3 is 0 Å². The summed E-state index contributed by atoms with van der Waals surface area (Å²) in [6, 6.07) is 15.8. The highest BCUT2D eigenvalue weighted by Gasteiger charge is 2.21. The van der Waals surface area contributed by atoms with Gasteiger partial charge in [0.05, 0.1) is 10.9 Å². The Bertz CT molecular complexity index is 820. The van der Waals surface area contributed by atoms with E-state index in [-0.39, 0.29) is 16.7 Å². The van der Waals surface area contributed by atoms with Crippen molar-refractivity contribution in [1.29, 1.82) is 0 Å². The molecule has 5 nitrogen and oxygen atoms in total. The van der Waals surface area contributed by atoms with Crippen LogP contribution in [0.15, 0.2) is 59.5 Å². The van der Waals surface area contributed by atoms with E-state index in [0.29, 0.717) is 6.54 Å². The third kappa shape index (κ3) is 5.14. The number of benzene rings is 2.